The predicted octanol–water partition coefficient (Wildman–Crippen LogP) is 2.97. The van der Waals surface area contributed by atoms with Gasteiger partial charge in [0.15, 0.2) is 0 Å². The van der Waals surface area contributed by atoms with Gasteiger partial charge in [-0.2, -0.15) is 5.10 Å². The van der Waals surface area contributed by atoms with E-state index in [1.54, 1.807) is 10.9 Å². The highest BCUT2D eigenvalue weighted by molar-refractivity contribution is 6.31. The number of nitrogen functional groups attached to an aromatic ring is 1. The van der Waals surface area contributed by atoms with Gasteiger partial charge in [0.2, 0.25) is 0 Å². The summed E-state index contributed by atoms with van der Waals surface area (Å²) in [5.74, 6) is -0.0491. The maximum Gasteiger partial charge on any atom is 0.126 e. The lowest BCUT2D eigenvalue weighted by Crippen LogP contribution is -2.16. The molecule has 3 aromatic rings. The van der Waals surface area contributed by atoms with Crippen LogP contribution in [-0.4, -0.2) is 20.6 Å². The van der Waals surface area contributed by atoms with E-state index in [1.807, 2.05) is 38.1 Å². The third-order valence-corrected chi connectivity index (χ3v) is 4.00. The zero-order valence-electron chi connectivity index (χ0n) is 11.7. The van der Waals surface area contributed by atoms with Crippen LogP contribution in [0.5, 0.6) is 0 Å². The van der Waals surface area contributed by atoms with Gasteiger partial charge >= 0.3 is 0 Å². The maximum atomic E-state index is 7.80. The number of nitrogens with two attached hydrogens (primary N) is 1. The van der Waals surface area contributed by atoms with Gasteiger partial charge in [0.1, 0.15) is 5.84 Å². The Morgan fingerprint density at radius 3 is 2.62 bits per heavy atom. The van der Waals surface area contributed by atoms with Gasteiger partial charge in [0.25, 0.3) is 0 Å². The summed E-state index contributed by atoms with van der Waals surface area (Å²) in [6, 6.07) is 7.69. The maximum absolute atomic E-state index is 7.80. The summed E-state index contributed by atoms with van der Waals surface area (Å²) in [4.78, 5) is 4.35. The molecule has 3 N–H and O–H groups in total. The standard InChI is InChI=1S/C15H14ClN5/c1-8-13(16)9(2)21(20-8)14-10-5-3-4-6-12(10)19-7-11(14)15(17)18/h3-7H,1-2H3,(H3,17,18). The van der Waals surface area contributed by atoms with Gasteiger partial charge in [-0.3, -0.25) is 10.4 Å². The van der Waals surface area contributed by atoms with Crippen molar-refractivity contribution in [3.8, 4) is 5.69 Å². The second kappa shape index (κ2) is 4.86. The minimum atomic E-state index is -0.0491. The Balaban J connectivity index is 2.46. The van der Waals surface area contributed by atoms with Crippen molar-refractivity contribution in [1.82, 2.24) is 14.8 Å². The molecule has 5 nitrogen and oxygen atoms in total. The summed E-state index contributed by atoms with van der Waals surface area (Å²) in [6.07, 6.45) is 1.60. The number of hydrogen-bond donors (Lipinski definition) is 2. The molecule has 0 amide bonds. The molecule has 0 aliphatic carbocycles. The van der Waals surface area contributed by atoms with Crippen molar-refractivity contribution < 1.29 is 0 Å². The molecule has 2 aromatic heterocycles. The van der Waals surface area contributed by atoms with E-state index in [0.29, 0.717) is 10.6 Å². The Morgan fingerprint density at radius 2 is 2.00 bits per heavy atom. The van der Waals surface area contributed by atoms with E-state index in [9.17, 15) is 0 Å². The van der Waals surface area contributed by atoms with Crippen LogP contribution in [0.1, 0.15) is 17.0 Å². The van der Waals surface area contributed by atoms with Crippen molar-refractivity contribution in [3.63, 3.8) is 0 Å². The summed E-state index contributed by atoms with van der Waals surface area (Å²) in [6.45, 7) is 3.74. The molecule has 21 heavy (non-hydrogen) atoms. The topological polar surface area (TPSA) is 80.6 Å². The fourth-order valence-corrected chi connectivity index (χ4v) is 2.51. The Morgan fingerprint density at radius 1 is 1.29 bits per heavy atom. The first-order valence-electron chi connectivity index (χ1n) is 6.45. The molecule has 0 radical (unpaired) electrons. The summed E-state index contributed by atoms with van der Waals surface area (Å²) >= 11 is 6.25. The highest BCUT2D eigenvalue weighted by atomic mass is 35.5. The fourth-order valence-electron chi connectivity index (χ4n) is 2.39. The Kier molecular flexibility index (Phi) is 3.14. The van der Waals surface area contributed by atoms with E-state index in [-0.39, 0.29) is 5.84 Å². The van der Waals surface area contributed by atoms with Crippen LogP contribution in [0, 0.1) is 19.3 Å². The highest BCUT2D eigenvalue weighted by Crippen LogP contribution is 2.28. The molecule has 0 unspecified atom stereocenters. The SMILES string of the molecule is Cc1nn(-c2c(C(=N)N)cnc3ccccc23)c(C)c1Cl. The van der Waals surface area contributed by atoms with E-state index in [2.05, 4.69) is 10.1 Å². The van der Waals surface area contributed by atoms with Crippen molar-refractivity contribution in [1.29, 1.82) is 5.41 Å². The minimum absolute atomic E-state index is 0.0491. The van der Waals surface area contributed by atoms with Gasteiger partial charge in [0.05, 0.1) is 33.2 Å². The van der Waals surface area contributed by atoms with Crippen molar-refractivity contribution in [3.05, 3.63) is 52.4 Å². The predicted molar refractivity (Wildman–Crippen MR) is 84.4 cm³/mol. The Hall–Kier alpha value is -2.40. The second-order valence-electron chi connectivity index (χ2n) is 4.85. The van der Waals surface area contributed by atoms with Crippen LogP contribution in [0.2, 0.25) is 5.02 Å². The number of aryl methyl sites for hydroxylation is 1. The number of rotatable bonds is 2. The van der Waals surface area contributed by atoms with Crippen LogP contribution in [0.3, 0.4) is 0 Å². The van der Waals surface area contributed by atoms with Gasteiger partial charge in [-0.25, -0.2) is 4.68 Å². The first-order chi connectivity index (χ1) is 10.0. The summed E-state index contributed by atoms with van der Waals surface area (Å²) in [5.41, 5.74) is 9.36. The Labute approximate surface area is 126 Å². The van der Waals surface area contributed by atoms with Crippen molar-refractivity contribution >= 4 is 28.3 Å². The highest BCUT2D eigenvalue weighted by Gasteiger charge is 2.18. The molecule has 1 aromatic carbocycles. The number of nitrogens with one attached hydrogen (secondary N) is 1. The lowest BCUT2D eigenvalue weighted by atomic mass is 10.1. The van der Waals surface area contributed by atoms with Crippen molar-refractivity contribution in [2.45, 2.75) is 13.8 Å². The normalized spacial score (nSPS) is 11.0. The third-order valence-electron chi connectivity index (χ3n) is 3.45. The molecule has 0 saturated heterocycles. The summed E-state index contributed by atoms with van der Waals surface area (Å²) in [5, 5.41) is 13.8. The molecular formula is C15H14ClN5. The second-order valence-corrected chi connectivity index (χ2v) is 5.23. The fraction of sp³-hybridized carbons (Fsp3) is 0.133. The molecule has 0 atom stereocenters. The lowest BCUT2D eigenvalue weighted by molar-refractivity contribution is 0.836. The van der Waals surface area contributed by atoms with Gasteiger partial charge in [-0.15, -0.1) is 0 Å². The molecule has 0 bridgehead atoms. The number of pyridine rings is 1. The molecule has 106 valence electrons. The average molecular weight is 300 g/mol. The van der Waals surface area contributed by atoms with Gasteiger partial charge < -0.3 is 5.73 Å². The van der Waals surface area contributed by atoms with Crippen LogP contribution in [0.4, 0.5) is 0 Å². The van der Waals surface area contributed by atoms with Gasteiger partial charge in [-0.1, -0.05) is 29.8 Å². The smallest absolute Gasteiger partial charge is 0.126 e. The number of halogens is 1. The van der Waals surface area contributed by atoms with Crippen molar-refractivity contribution in [2.24, 2.45) is 5.73 Å². The molecule has 0 saturated carbocycles. The number of nitrogens with zero attached hydrogens (tertiary/aromatic N) is 3. The number of aromatic nitrogens is 3. The van der Waals surface area contributed by atoms with Gasteiger partial charge in [0, 0.05) is 11.6 Å². The molecule has 0 aliphatic rings. The first kappa shape index (κ1) is 13.6. The largest absolute Gasteiger partial charge is 0.384 e. The molecule has 6 heteroatoms. The number of para-hydroxylation sites is 1. The third kappa shape index (κ3) is 2.06. The van der Waals surface area contributed by atoms with E-state index < -0.39 is 0 Å². The van der Waals surface area contributed by atoms with E-state index in [4.69, 9.17) is 22.7 Å². The number of benzene rings is 1. The molecule has 0 fully saturated rings. The number of hydrogen-bond acceptors (Lipinski definition) is 3. The van der Waals surface area contributed by atoms with Gasteiger partial charge in [-0.05, 0) is 19.9 Å². The molecule has 3 rings (SSSR count). The molecule has 0 spiro atoms. The Bertz CT molecular complexity index is 866. The molecule has 2 heterocycles. The van der Waals surface area contributed by atoms with Crippen molar-refractivity contribution in [2.75, 3.05) is 0 Å². The van der Waals surface area contributed by atoms with Crippen LogP contribution >= 0.6 is 11.6 Å². The van der Waals surface area contributed by atoms with Crippen LogP contribution in [0.25, 0.3) is 16.6 Å². The van der Waals surface area contributed by atoms with Crippen LogP contribution in [0.15, 0.2) is 30.5 Å². The van der Waals surface area contributed by atoms with E-state index >= 15 is 0 Å². The monoisotopic (exact) mass is 299 g/mol. The zero-order chi connectivity index (χ0) is 15.1. The van der Waals surface area contributed by atoms with E-state index in [1.165, 1.54) is 0 Å². The lowest BCUT2D eigenvalue weighted by Gasteiger charge is -2.13. The quantitative estimate of drug-likeness (QED) is 0.564. The molecular weight excluding hydrogens is 286 g/mol. The van der Waals surface area contributed by atoms with Crippen LogP contribution < -0.4 is 5.73 Å². The zero-order valence-corrected chi connectivity index (χ0v) is 12.4. The average Bonchev–Trinajstić information content (AvgIpc) is 2.73. The molecule has 0 aliphatic heterocycles. The minimum Gasteiger partial charge on any atom is -0.384 e. The summed E-state index contributed by atoms with van der Waals surface area (Å²) in [7, 11) is 0. The van der Waals surface area contributed by atoms with E-state index in [0.717, 1.165) is 28.0 Å². The summed E-state index contributed by atoms with van der Waals surface area (Å²) < 4.78 is 1.73. The first-order valence-corrected chi connectivity index (χ1v) is 6.82. The van der Waals surface area contributed by atoms with Crippen LogP contribution in [-0.2, 0) is 0 Å². The number of amidine groups is 1. The number of fused-ring (bicyclic) bond motifs is 1.